The highest BCUT2D eigenvalue weighted by atomic mass is 35.5. The van der Waals surface area contributed by atoms with E-state index in [1.165, 1.54) is 6.07 Å². The Morgan fingerprint density at radius 2 is 2.03 bits per heavy atom. The fourth-order valence-corrected chi connectivity index (χ4v) is 5.90. The van der Waals surface area contributed by atoms with Crippen LogP contribution in [0.15, 0.2) is 52.2 Å². The topological polar surface area (TPSA) is 78.8 Å². The van der Waals surface area contributed by atoms with Gasteiger partial charge in [-0.25, -0.2) is 0 Å². The normalized spacial score (nSPS) is 15.9. The average molecular weight is 499 g/mol. The van der Waals surface area contributed by atoms with E-state index >= 15 is 0 Å². The van der Waals surface area contributed by atoms with E-state index in [1.807, 2.05) is 47.9 Å². The van der Waals surface area contributed by atoms with Crippen LogP contribution in [0, 0.1) is 6.92 Å². The number of carbonyl (C=O) groups excluding carboxylic acids is 1. The van der Waals surface area contributed by atoms with Gasteiger partial charge in [0, 0.05) is 52.7 Å². The summed E-state index contributed by atoms with van der Waals surface area (Å²) >= 11 is 8.01. The minimum atomic E-state index is -0.405. The van der Waals surface area contributed by atoms with Crippen LogP contribution < -0.4 is 20.2 Å². The summed E-state index contributed by atoms with van der Waals surface area (Å²) in [7, 11) is 1.56. The van der Waals surface area contributed by atoms with Crippen molar-refractivity contribution in [3.63, 3.8) is 0 Å². The highest BCUT2D eigenvalue weighted by Gasteiger charge is 2.30. The van der Waals surface area contributed by atoms with Crippen LogP contribution in [-0.4, -0.2) is 37.5 Å². The first-order chi connectivity index (χ1) is 16.5. The Labute approximate surface area is 206 Å². The van der Waals surface area contributed by atoms with Crippen molar-refractivity contribution in [3.05, 3.63) is 80.2 Å². The Hall–Kier alpha value is -2.94. The number of fused-ring (bicyclic) bond motifs is 4. The number of ether oxygens (including phenoxy) is 3. The van der Waals surface area contributed by atoms with Gasteiger partial charge in [-0.15, -0.1) is 11.8 Å². The van der Waals surface area contributed by atoms with Gasteiger partial charge in [0.1, 0.15) is 5.56 Å². The number of carbonyl (C=O) groups is 1. The molecule has 1 atom stereocenters. The molecule has 176 valence electrons. The summed E-state index contributed by atoms with van der Waals surface area (Å²) in [6.07, 6.45) is 0.459. The van der Waals surface area contributed by atoms with Gasteiger partial charge in [0.15, 0.2) is 16.9 Å². The molecule has 2 aliphatic heterocycles. The summed E-state index contributed by atoms with van der Waals surface area (Å²) in [6, 6.07) is 13.0. The number of thioether (sulfide) groups is 1. The summed E-state index contributed by atoms with van der Waals surface area (Å²) in [6.45, 7) is 2.74. The molecule has 3 heterocycles. The molecule has 0 spiro atoms. The van der Waals surface area contributed by atoms with Crippen LogP contribution in [-0.2, 0) is 11.2 Å². The second kappa shape index (κ2) is 9.37. The summed E-state index contributed by atoms with van der Waals surface area (Å²) < 4.78 is 18.1. The third-order valence-electron chi connectivity index (χ3n) is 5.90. The number of aryl methyl sites for hydroxylation is 1. The van der Waals surface area contributed by atoms with Crippen LogP contribution in [0.2, 0.25) is 5.02 Å². The average Bonchev–Trinajstić information content (AvgIpc) is 3.20. The molecule has 1 unspecified atom stereocenters. The maximum absolute atomic E-state index is 13.2. The zero-order chi connectivity index (χ0) is 23.8. The largest absolute Gasteiger partial charge is 0.454 e. The molecule has 0 saturated heterocycles. The van der Waals surface area contributed by atoms with Crippen molar-refractivity contribution in [3.8, 4) is 17.2 Å². The molecule has 5 rings (SSSR count). The number of methoxy groups -OCH3 is 1. The molecule has 0 saturated carbocycles. The number of pyridine rings is 1. The van der Waals surface area contributed by atoms with Crippen molar-refractivity contribution >= 4 is 29.3 Å². The number of rotatable bonds is 5. The zero-order valence-electron chi connectivity index (χ0n) is 18.7. The van der Waals surface area contributed by atoms with E-state index in [0.29, 0.717) is 41.8 Å². The van der Waals surface area contributed by atoms with E-state index in [2.05, 4.69) is 5.32 Å². The number of nitrogens with zero attached hydrogens (tertiary/aromatic N) is 1. The summed E-state index contributed by atoms with van der Waals surface area (Å²) in [5.74, 6) is 0.988. The lowest BCUT2D eigenvalue weighted by Gasteiger charge is -2.20. The Kier molecular flexibility index (Phi) is 6.29. The van der Waals surface area contributed by atoms with Gasteiger partial charge < -0.3 is 24.1 Å². The smallest absolute Gasteiger partial charge is 0.257 e. The van der Waals surface area contributed by atoms with Gasteiger partial charge in [0.2, 0.25) is 6.79 Å². The number of aromatic nitrogens is 1. The van der Waals surface area contributed by atoms with Crippen molar-refractivity contribution in [2.45, 2.75) is 23.5 Å². The minimum Gasteiger partial charge on any atom is -0.454 e. The third kappa shape index (κ3) is 4.17. The van der Waals surface area contributed by atoms with E-state index in [0.717, 1.165) is 21.8 Å². The lowest BCUT2D eigenvalue weighted by atomic mass is 10.0. The van der Waals surface area contributed by atoms with Crippen LogP contribution in [0.4, 0.5) is 0 Å². The SMILES string of the molecule is COCCNC(=O)c1c2n(c(C)cc1=O)-c1ccc(Cl)cc1SC(c1ccc3c(c1)OCO3)C2. The second-order valence-corrected chi connectivity index (χ2v) is 9.77. The highest BCUT2D eigenvalue weighted by Crippen LogP contribution is 2.47. The van der Waals surface area contributed by atoms with Gasteiger partial charge in [-0.05, 0) is 42.8 Å². The van der Waals surface area contributed by atoms with Crippen molar-refractivity contribution in [2.75, 3.05) is 27.1 Å². The van der Waals surface area contributed by atoms with Crippen LogP contribution in [0.3, 0.4) is 0 Å². The molecule has 1 N–H and O–H groups in total. The minimum absolute atomic E-state index is 0.0906. The monoisotopic (exact) mass is 498 g/mol. The number of amides is 1. The van der Waals surface area contributed by atoms with E-state index < -0.39 is 5.91 Å². The molecule has 1 aromatic heterocycles. The number of hydrogen-bond donors (Lipinski definition) is 1. The Bertz CT molecular complexity index is 1340. The van der Waals surface area contributed by atoms with E-state index in [-0.39, 0.29) is 23.0 Å². The lowest BCUT2D eigenvalue weighted by Crippen LogP contribution is -2.34. The van der Waals surface area contributed by atoms with Crippen LogP contribution in [0.1, 0.15) is 32.6 Å². The number of benzene rings is 2. The molecule has 0 radical (unpaired) electrons. The van der Waals surface area contributed by atoms with Gasteiger partial charge in [-0.2, -0.15) is 0 Å². The Morgan fingerprint density at radius 3 is 2.85 bits per heavy atom. The van der Waals surface area contributed by atoms with Crippen molar-refractivity contribution in [1.82, 2.24) is 9.88 Å². The first-order valence-corrected chi connectivity index (χ1v) is 12.1. The van der Waals surface area contributed by atoms with Crippen LogP contribution in [0.25, 0.3) is 5.69 Å². The predicted octanol–water partition coefficient (Wildman–Crippen LogP) is 4.29. The predicted molar refractivity (Wildman–Crippen MR) is 131 cm³/mol. The van der Waals surface area contributed by atoms with E-state index in [1.54, 1.807) is 18.9 Å². The zero-order valence-corrected chi connectivity index (χ0v) is 20.3. The van der Waals surface area contributed by atoms with Gasteiger partial charge >= 0.3 is 0 Å². The first kappa shape index (κ1) is 22.8. The molecule has 0 aliphatic carbocycles. The first-order valence-electron chi connectivity index (χ1n) is 10.8. The van der Waals surface area contributed by atoms with Gasteiger partial charge in [0.25, 0.3) is 5.91 Å². The molecule has 2 aliphatic rings. The van der Waals surface area contributed by atoms with Gasteiger partial charge in [-0.1, -0.05) is 17.7 Å². The maximum Gasteiger partial charge on any atom is 0.257 e. The quantitative estimate of drug-likeness (QED) is 0.529. The Balaban J connectivity index is 1.68. The molecule has 9 heteroatoms. The molecular weight excluding hydrogens is 476 g/mol. The fraction of sp³-hybridized carbons (Fsp3) is 0.280. The third-order valence-corrected chi connectivity index (χ3v) is 7.43. The number of hydrogen-bond acceptors (Lipinski definition) is 6. The molecule has 0 fully saturated rings. The van der Waals surface area contributed by atoms with Crippen LogP contribution in [0.5, 0.6) is 11.5 Å². The second-order valence-electron chi connectivity index (χ2n) is 8.09. The van der Waals surface area contributed by atoms with Crippen molar-refractivity contribution in [2.24, 2.45) is 0 Å². The van der Waals surface area contributed by atoms with Gasteiger partial charge in [0.05, 0.1) is 12.3 Å². The van der Waals surface area contributed by atoms with Crippen LogP contribution >= 0.6 is 23.4 Å². The summed E-state index contributed by atoms with van der Waals surface area (Å²) in [4.78, 5) is 27.2. The molecule has 3 aromatic rings. The standard InChI is InChI=1S/C25H23ClN2O5S/c1-14-9-19(29)24(25(30)27-7-8-31-2)18-12-22(15-3-6-20-21(10-15)33-13-32-20)34-23-11-16(26)4-5-17(23)28(14)18/h3-6,9-11,22H,7-8,12-13H2,1-2H3,(H,27,30). The molecule has 7 nitrogen and oxygen atoms in total. The highest BCUT2D eigenvalue weighted by molar-refractivity contribution is 7.99. The fourth-order valence-electron chi connectivity index (χ4n) is 4.36. The lowest BCUT2D eigenvalue weighted by molar-refractivity contribution is 0.0934. The van der Waals surface area contributed by atoms with Crippen molar-refractivity contribution < 1.29 is 19.0 Å². The molecule has 0 bridgehead atoms. The molecule has 34 heavy (non-hydrogen) atoms. The summed E-state index contributed by atoms with van der Waals surface area (Å²) in [5.41, 5.74) is 3.16. The molecular formula is C25H23ClN2O5S. The van der Waals surface area contributed by atoms with E-state index in [9.17, 15) is 9.59 Å². The Morgan fingerprint density at radius 1 is 1.21 bits per heavy atom. The number of nitrogens with one attached hydrogen (secondary N) is 1. The van der Waals surface area contributed by atoms with Crippen molar-refractivity contribution in [1.29, 1.82) is 0 Å². The summed E-state index contributed by atoms with van der Waals surface area (Å²) in [5, 5.41) is 3.34. The van der Waals surface area contributed by atoms with Gasteiger partial charge in [-0.3, -0.25) is 9.59 Å². The maximum atomic E-state index is 13.2. The molecule has 2 aromatic carbocycles. The molecule has 1 amide bonds. The van der Waals surface area contributed by atoms with E-state index in [4.69, 9.17) is 25.8 Å². The number of halogens is 1.